The molecular formula is C16H21FO3. The number of hydrogen-bond donors (Lipinski definition) is 0. The fourth-order valence-electron chi connectivity index (χ4n) is 2.72. The molecule has 20 heavy (non-hydrogen) atoms. The van der Waals surface area contributed by atoms with Gasteiger partial charge in [0.25, 0.3) is 0 Å². The number of methoxy groups -OCH3 is 1. The van der Waals surface area contributed by atoms with Crippen LogP contribution in [0.1, 0.15) is 38.2 Å². The van der Waals surface area contributed by atoms with Crippen LogP contribution < -0.4 is 4.74 Å². The van der Waals surface area contributed by atoms with Crippen LogP contribution in [0.5, 0.6) is 5.75 Å². The molecule has 4 heteroatoms. The smallest absolute Gasteiger partial charge is 0.308 e. The monoisotopic (exact) mass is 280 g/mol. The highest BCUT2D eigenvalue weighted by Gasteiger charge is 2.44. The van der Waals surface area contributed by atoms with Crippen molar-refractivity contribution in [3.63, 3.8) is 0 Å². The molecule has 1 aliphatic carbocycles. The van der Waals surface area contributed by atoms with Crippen molar-refractivity contribution >= 4 is 5.97 Å². The molecule has 0 N–H and O–H groups in total. The van der Waals surface area contributed by atoms with Crippen molar-refractivity contribution in [3.05, 3.63) is 29.6 Å². The lowest BCUT2D eigenvalue weighted by Crippen LogP contribution is -2.07. The van der Waals surface area contributed by atoms with Gasteiger partial charge < -0.3 is 9.47 Å². The van der Waals surface area contributed by atoms with E-state index in [0.717, 1.165) is 24.2 Å². The predicted molar refractivity (Wildman–Crippen MR) is 74.2 cm³/mol. The van der Waals surface area contributed by atoms with E-state index >= 15 is 0 Å². The third kappa shape index (κ3) is 3.30. The standard InChI is InChI=1S/C16H21FO3/c1-4-20-15-6-5-12(17)9-13(15)10(2)7-11-8-14(11)16(18)19-3/h5-6,9-11,14H,4,7-8H2,1-3H3. The summed E-state index contributed by atoms with van der Waals surface area (Å²) in [5, 5.41) is 0. The van der Waals surface area contributed by atoms with Gasteiger partial charge >= 0.3 is 5.97 Å². The van der Waals surface area contributed by atoms with Crippen molar-refractivity contribution in [3.8, 4) is 5.75 Å². The Hall–Kier alpha value is -1.58. The Morgan fingerprint density at radius 1 is 1.50 bits per heavy atom. The average molecular weight is 280 g/mol. The maximum Gasteiger partial charge on any atom is 0.308 e. The van der Waals surface area contributed by atoms with Gasteiger partial charge in [0.2, 0.25) is 0 Å². The van der Waals surface area contributed by atoms with E-state index in [9.17, 15) is 9.18 Å². The van der Waals surface area contributed by atoms with Crippen LogP contribution >= 0.6 is 0 Å². The predicted octanol–water partition coefficient (Wildman–Crippen LogP) is 3.53. The largest absolute Gasteiger partial charge is 0.494 e. The molecule has 110 valence electrons. The molecule has 0 amide bonds. The number of carbonyl (C=O) groups excluding carboxylic acids is 1. The number of benzene rings is 1. The van der Waals surface area contributed by atoms with Gasteiger partial charge in [0.05, 0.1) is 19.6 Å². The second-order valence-corrected chi connectivity index (χ2v) is 5.38. The number of ether oxygens (including phenoxy) is 2. The summed E-state index contributed by atoms with van der Waals surface area (Å²) in [6, 6.07) is 4.62. The Kier molecular flexibility index (Phi) is 4.63. The second kappa shape index (κ2) is 6.25. The zero-order valence-electron chi connectivity index (χ0n) is 12.2. The lowest BCUT2D eigenvalue weighted by molar-refractivity contribution is -0.142. The molecule has 0 bridgehead atoms. The number of esters is 1. The zero-order chi connectivity index (χ0) is 14.7. The molecule has 1 fully saturated rings. The summed E-state index contributed by atoms with van der Waals surface area (Å²) in [7, 11) is 1.42. The van der Waals surface area contributed by atoms with Gasteiger partial charge in [0.1, 0.15) is 11.6 Å². The summed E-state index contributed by atoms with van der Waals surface area (Å²) < 4.78 is 23.7. The maximum atomic E-state index is 13.4. The molecule has 3 nitrogen and oxygen atoms in total. The molecule has 3 atom stereocenters. The molecule has 3 unspecified atom stereocenters. The summed E-state index contributed by atoms with van der Waals surface area (Å²) in [5.41, 5.74) is 0.877. The Morgan fingerprint density at radius 2 is 2.25 bits per heavy atom. The average Bonchev–Trinajstić information content (AvgIpc) is 3.19. The first-order valence-electron chi connectivity index (χ1n) is 7.06. The summed E-state index contributed by atoms with van der Waals surface area (Å²) >= 11 is 0. The van der Waals surface area contributed by atoms with Gasteiger partial charge in [-0.15, -0.1) is 0 Å². The summed E-state index contributed by atoms with van der Waals surface area (Å²) in [4.78, 5) is 11.4. The van der Waals surface area contributed by atoms with Crippen LogP contribution in [0.3, 0.4) is 0 Å². The van der Waals surface area contributed by atoms with Crippen LogP contribution in [0.25, 0.3) is 0 Å². The highest BCUT2D eigenvalue weighted by Crippen LogP contribution is 2.46. The van der Waals surface area contributed by atoms with Gasteiger partial charge in [-0.2, -0.15) is 0 Å². The van der Waals surface area contributed by atoms with Gasteiger partial charge in [-0.1, -0.05) is 6.92 Å². The summed E-state index contributed by atoms with van der Waals surface area (Å²) in [6.07, 6.45) is 1.72. The first-order valence-corrected chi connectivity index (χ1v) is 7.06. The molecular weight excluding hydrogens is 259 g/mol. The van der Waals surface area contributed by atoms with E-state index in [4.69, 9.17) is 9.47 Å². The van der Waals surface area contributed by atoms with Gasteiger partial charge in [-0.05, 0) is 55.4 Å². The summed E-state index contributed by atoms with van der Waals surface area (Å²) in [6.45, 7) is 4.51. The third-order valence-electron chi connectivity index (χ3n) is 3.89. The fraction of sp³-hybridized carbons (Fsp3) is 0.562. The highest BCUT2D eigenvalue weighted by molar-refractivity contribution is 5.75. The van der Waals surface area contributed by atoms with Gasteiger partial charge in [-0.3, -0.25) is 4.79 Å². The van der Waals surface area contributed by atoms with Gasteiger partial charge in [0.15, 0.2) is 0 Å². The first-order chi connectivity index (χ1) is 9.56. The maximum absolute atomic E-state index is 13.4. The third-order valence-corrected chi connectivity index (χ3v) is 3.89. The highest BCUT2D eigenvalue weighted by atomic mass is 19.1. The van der Waals surface area contributed by atoms with Gasteiger partial charge in [-0.25, -0.2) is 4.39 Å². The van der Waals surface area contributed by atoms with Crippen molar-refractivity contribution in [2.24, 2.45) is 11.8 Å². The number of carbonyl (C=O) groups is 1. The van der Waals surface area contributed by atoms with E-state index in [1.54, 1.807) is 6.07 Å². The fourth-order valence-corrected chi connectivity index (χ4v) is 2.72. The SMILES string of the molecule is CCOc1ccc(F)cc1C(C)CC1CC1C(=O)OC. The molecule has 0 aliphatic heterocycles. The van der Waals surface area contributed by atoms with Gasteiger partial charge in [0, 0.05) is 0 Å². The molecule has 2 rings (SSSR count). The minimum absolute atomic E-state index is 0.0200. The molecule has 1 aromatic carbocycles. The van der Waals surface area contributed by atoms with E-state index in [1.165, 1.54) is 19.2 Å². The van der Waals surface area contributed by atoms with Crippen LogP contribution in [0, 0.1) is 17.7 Å². The molecule has 0 spiro atoms. The van der Waals surface area contributed by atoms with E-state index in [-0.39, 0.29) is 23.6 Å². The molecule has 0 heterocycles. The lowest BCUT2D eigenvalue weighted by Gasteiger charge is -2.16. The molecule has 1 saturated carbocycles. The minimum Gasteiger partial charge on any atom is -0.494 e. The van der Waals surface area contributed by atoms with E-state index < -0.39 is 0 Å². The van der Waals surface area contributed by atoms with Crippen LogP contribution in [-0.4, -0.2) is 19.7 Å². The van der Waals surface area contributed by atoms with E-state index in [2.05, 4.69) is 0 Å². The topological polar surface area (TPSA) is 35.5 Å². The normalized spacial score (nSPS) is 22.2. The molecule has 0 aromatic heterocycles. The van der Waals surface area contributed by atoms with E-state index in [1.807, 2.05) is 13.8 Å². The molecule has 1 aromatic rings. The van der Waals surface area contributed by atoms with Crippen LogP contribution in [0.4, 0.5) is 4.39 Å². The summed E-state index contributed by atoms with van der Waals surface area (Å²) in [5.74, 6) is 0.868. The lowest BCUT2D eigenvalue weighted by atomic mass is 9.94. The van der Waals surface area contributed by atoms with Crippen LogP contribution in [0.2, 0.25) is 0 Å². The number of halogens is 1. The van der Waals surface area contributed by atoms with Crippen molar-refractivity contribution in [1.82, 2.24) is 0 Å². The second-order valence-electron chi connectivity index (χ2n) is 5.38. The van der Waals surface area contributed by atoms with Crippen molar-refractivity contribution in [2.75, 3.05) is 13.7 Å². The Morgan fingerprint density at radius 3 is 2.90 bits per heavy atom. The number of hydrogen-bond acceptors (Lipinski definition) is 3. The molecule has 0 radical (unpaired) electrons. The van der Waals surface area contributed by atoms with Crippen LogP contribution in [-0.2, 0) is 9.53 Å². The Balaban J connectivity index is 2.04. The Labute approximate surface area is 119 Å². The minimum atomic E-state index is -0.254. The quantitative estimate of drug-likeness (QED) is 0.748. The molecule has 0 saturated heterocycles. The van der Waals surface area contributed by atoms with Crippen LogP contribution in [0.15, 0.2) is 18.2 Å². The van der Waals surface area contributed by atoms with E-state index in [0.29, 0.717) is 12.5 Å². The van der Waals surface area contributed by atoms with Crippen molar-refractivity contribution in [1.29, 1.82) is 0 Å². The van der Waals surface area contributed by atoms with Crippen molar-refractivity contribution in [2.45, 2.75) is 32.6 Å². The molecule has 1 aliphatic rings. The Bertz CT molecular complexity index is 487. The zero-order valence-corrected chi connectivity index (χ0v) is 12.2. The number of rotatable bonds is 6. The van der Waals surface area contributed by atoms with Crippen molar-refractivity contribution < 1.29 is 18.7 Å². The first kappa shape index (κ1) is 14.8.